The SMILES string of the molecule is CNC1COc2ccsc2C1. The molecular formula is C8H11NOS. The highest BCUT2D eigenvalue weighted by Crippen LogP contribution is 2.29. The topological polar surface area (TPSA) is 21.3 Å². The quantitative estimate of drug-likeness (QED) is 0.683. The Balaban J connectivity index is 2.18. The van der Waals surface area contributed by atoms with E-state index in [4.69, 9.17) is 4.74 Å². The third-order valence-corrected chi connectivity index (χ3v) is 2.91. The van der Waals surface area contributed by atoms with E-state index in [0.717, 1.165) is 18.8 Å². The summed E-state index contributed by atoms with van der Waals surface area (Å²) >= 11 is 1.78. The van der Waals surface area contributed by atoms with Crippen molar-refractivity contribution in [3.05, 3.63) is 16.3 Å². The normalized spacial score (nSPS) is 22.5. The Morgan fingerprint density at radius 1 is 1.73 bits per heavy atom. The van der Waals surface area contributed by atoms with Gasteiger partial charge in [-0.1, -0.05) is 0 Å². The Kier molecular flexibility index (Phi) is 1.84. The van der Waals surface area contributed by atoms with Crippen LogP contribution >= 0.6 is 11.3 Å². The van der Waals surface area contributed by atoms with E-state index in [2.05, 4.69) is 10.7 Å². The molecule has 3 heteroatoms. The Morgan fingerprint density at radius 3 is 3.45 bits per heavy atom. The third-order valence-electron chi connectivity index (χ3n) is 1.98. The van der Waals surface area contributed by atoms with Crippen molar-refractivity contribution in [1.29, 1.82) is 0 Å². The van der Waals surface area contributed by atoms with E-state index in [1.54, 1.807) is 11.3 Å². The summed E-state index contributed by atoms with van der Waals surface area (Å²) in [5, 5.41) is 5.30. The molecule has 1 unspecified atom stereocenters. The van der Waals surface area contributed by atoms with E-state index in [-0.39, 0.29) is 0 Å². The van der Waals surface area contributed by atoms with Crippen LogP contribution < -0.4 is 10.1 Å². The molecule has 1 aromatic rings. The molecule has 2 nitrogen and oxygen atoms in total. The predicted octanol–water partition coefficient (Wildman–Crippen LogP) is 1.27. The molecule has 1 aliphatic rings. The second-order valence-electron chi connectivity index (χ2n) is 2.71. The first-order chi connectivity index (χ1) is 5.40. The molecule has 11 heavy (non-hydrogen) atoms. The van der Waals surface area contributed by atoms with E-state index in [0.29, 0.717) is 6.04 Å². The van der Waals surface area contributed by atoms with Gasteiger partial charge in [0.1, 0.15) is 12.4 Å². The van der Waals surface area contributed by atoms with Crippen LogP contribution in [0.25, 0.3) is 0 Å². The Hall–Kier alpha value is -0.540. The second kappa shape index (κ2) is 2.83. The van der Waals surface area contributed by atoms with Crippen LogP contribution in [-0.4, -0.2) is 19.7 Å². The minimum absolute atomic E-state index is 0.501. The maximum absolute atomic E-state index is 5.51. The summed E-state index contributed by atoms with van der Waals surface area (Å²) < 4.78 is 5.51. The van der Waals surface area contributed by atoms with Crippen molar-refractivity contribution >= 4 is 11.3 Å². The van der Waals surface area contributed by atoms with E-state index in [9.17, 15) is 0 Å². The average Bonchev–Trinajstić information content (AvgIpc) is 2.50. The van der Waals surface area contributed by atoms with Crippen LogP contribution in [0.3, 0.4) is 0 Å². The molecule has 1 atom stereocenters. The molecule has 0 bridgehead atoms. The molecule has 2 heterocycles. The Labute approximate surface area is 70.2 Å². The molecule has 2 rings (SSSR count). The van der Waals surface area contributed by atoms with Crippen LogP contribution in [0, 0.1) is 0 Å². The Morgan fingerprint density at radius 2 is 2.64 bits per heavy atom. The maximum atomic E-state index is 5.51. The van der Waals surface area contributed by atoms with Gasteiger partial charge < -0.3 is 10.1 Å². The second-order valence-corrected chi connectivity index (χ2v) is 3.71. The van der Waals surface area contributed by atoms with Crippen LogP contribution in [0.2, 0.25) is 0 Å². The summed E-state index contributed by atoms with van der Waals surface area (Å²) in [5.74, 6) is 1.08. The van der Waals surface area contributed by atoms with Crippen LogP contribution in [0.5, 0.6) is 5.75 Å². The smallest absolute Gasteiger partial charge is 0.133 e. The molecule has 1 aliphatic heterocycles. The molecule has 0 fully saturated rings. The van der Waals surface area contributed by atoms with Gasteiger partial charge >= 0.3 is 0 Å². The van der Waals surface area contributed by atoms with Gasteiger partial charge in [0.05, 0.1) is 0 Å². The summed E-state index contributed by atoms with van der Waals surface area (Å²) in [6.45, 7) is 0.806. The van der Waals surface area contributed by atoms with Crippen LogP contribution in [0.4, 0.5) is 0 Å². The van der Waals surface area contributed by atoms with Crippen molar-refractivity contribution in [2.75, 3.05) is 13.7 Å². The summed E-state index contributed by atoms with van der Waals surface area (Å²) in [6, 6.07) is 2.55. The lowest BCUT2D eigenvalue weighted by molar-refractivity contribution is 0.248. The predicted molar refractivity (Wildman–Crippen MR) is 46.4 cm³/mol. The zero-order valence-corrected chi connectivity index (χ0v) is 7.28. The highest BCUT2D eigenvalue weighted by Gasteiger charge is 2.18. The van der Waals surface area contributed by atoms with E-state index in [1.165, 1.54) is 4.88 Å². The van der Waals surface area contributed by atoms with Gasteiger partial charge in [0, 0.05) is 17.3 Å². The van der Waals surface area contributed by atoms with Crippen LogP contribution in [0.15, 0.2) is 11.4 Å². The summed E-state index contributed by atoms with van der Waals surface area (Å²) in [7, 11) is 1.98. The van der Waals surface area contributed by atoms with Gasteiger partial charge in [0.25, 0.3) is 0 Å². The van der Waals surface area contributed by atoms with Crippen molar-refractivity contribution in [3.8, 4) is 5.75 Å². The standard InChI is InChI=1S/C8H11NOS/c1-9-6-4-8-7(10-5-6)2-3-11-8/h2-3,6,9H,4-5H2,1H3. The fourth-order valence-electron chi connectivity index (χ4n) is 1.26. The number of likely N-dealkylation sites (N-methyl/N-ethyl adjacent to an activating group) is 1. The Bertz CT molecular complexity index is 246. The number of ether oxygens (including phenoxy) is 1. The molecule has 0 aromatic carbocycles. The van der Waals surface area contributed by atoms with Gasteiger partial charge in [-0.05, 0) is 18.5 Å². The fraction of sp³-hybridized carbons (Fsp3) is 0.500. The zero-order valence-electron chi connectivity index (χ0n) is 6.46. The highest BCUT2D eigenvalue weighted by atomic mass is 32.1. The van der Waals surface area contributed by atoms with Crippen LogP contribution in [0.1, 0.15) is 4.88 Å². The lowest BCUT2D eigenvalue weighted by Gasteiger charge is -2.21. The lowest BCUT2D eigenvalue weighted by atomic mass is 10.1. The molecule has 0 saturated carbocycles. The zero-order chi connectivity index (χ0) is 7.68. The third kappa shape index (κ3) is 1.26. The van der Waals surface area contributed by atoms with Crippen molar-refractivity contribution in [1.82, 2.24) is 5.32 Å². The number of thiophene rings is 1. The van der Waals surface area contributed by atoms with Gasteiger partial charge in [-0.2, -0.15) is 0 Å². The van der Waals surface area contributed by atoms with E-state index < -0.39 is 0 Å². The first-order valence-electron chi connectivity index (χ1n) is 3.76. The minimum atomic E-state index is 0.501. The molecule has 0 aliphatic carbocycles. The highest BCUT2D eigenvalue weighted by molar-refractivity contribution is 7.10. The molecule has 1 N–H and O–H groups in total. The maximum Gasteiger partial charge on any atom is 0.133 e. The van der Waals surface area contributed by atoms with Crippen molar-refractivity contribution in [2.24, 2.45) is 0 Å². The summed E-state index contributed by atoms with van der Waals surface area (Å²) in [5.41, 5.74) is 0. The fourth-order valence-corrected chi connectivity index (χ4v) is 2.16. The minimum Gasteiger partial charge on any atom is -0.491 e. The van der Waals surface area contributed by atoms with Gasteiger partial charge in [-0.25, -0.2) is 0 Å². The summed E-state index contributed by atoms with van der Waals surface area (Å²) in [4.78, 5) is 1.37. The van der Waals surface area contributed by atoms with Gasteiger partial charge in [-0.3, -0.25) is 0 Å². The molecular weight excluding hydrogens is 158 g/mol. The van der Waals surface area contributed by atoms with E-state index >= 15 is 0 Å². The molecule has 1 aromatic heterocycles. The van der Waals surface area contributed by atoms with E-state index in [1.807, 2.05) is 13.1 Å². The van der Waals surface area contributed by atoms with Gasteiger partial charge in [0.15, 0.2) is 0 Å². The number of hydrogen-bond acceptors (Lipinski definition) is 3. The average molecular weight is 169 g/mol. The number of fused-ring (bicyclic) bond motifs is 1. The molecule has 0 spiro atoms. The number of nitrogens with one attached hydrogen (secondary N) is 1. The lowest BCUT2D eigenvalue weighted by Crippen LogP contribution is -2.36. The van der Waals surface area contributed by atoms with Gasteiger partial charge in [-0.15, -0.1) is 11.3 Å². The number of rotatable bonds is 1. The molecule has 60 valence electrons. The molecule has 0 radical (unpaired) electrons. The first kappa shape index (κ1) is 7.13. The van der Waals surface area contributed by atoms with Crippen LogP contribution in [-0.2, 0) is 6.42 Å². The first-order valence-corrected chi connectivity index (χ1v) is 4.64. The molecule has 0 saturated heterocycles. The monoisotopic (exact) mass is 169 g/mol. The van der Waals surface area contributed by atoms with Gasteiger partial charge in [0.2, 0.25) is 0 Å². The molecule has 0 amide bonds. The van der Waals surface area contributed by atoms with Crippen molar-refractivity contribution in [3.63, 3.8) is 0 Å². The summed E-state index contributed by atoms with van der Waals surface area (Å²) in [6.07, 6.45) is 1.11. The van der Waals surface area contributed by atoms with Crippen molar-refractivity contribution < 1.29 is 4.74 Å². The van der Waals surface area contributed by atoms with Crippen molar-refractivity contribution in [2.45, 2.75) is 12.5 Å². The number of hydrogen-bond donors (Lipinski definition) is 1. The largest absolute Gasteiger partial charge is 0.491 e.